The highest BCUT2D eigenvalue weighted by Crippen LogP contribution is 2.57. The molecule has 10 atom stereocenters. The number of para-hydroxylation sites is 2. The standard InChI is InChI=1S/C45H50F9N7O8/c46-43(47,48)35-16-14-25(23-57-35)59-40(63)61-29-10-6-19-56-37(29)66-31-12-4-2-8-27(31)42(45(52,53)54)22-34(69-42)38-67-32-15-13-24(21-33(32)68-38)58-39(62)60-28-9-5-18-55-36(28)65-30-11-3-1-7-26(30)41(17-20-64-41)44(49,50)51/h1-4,7-8,11-13,15,21,25,28-29,34-38,55-57H,5-6,9-10,14,16-20,22-23H2,(H2,58,60,62)(H2,59,61,63). The number of benzene rings is 3. The van der Waals surface area contributed by atoms with Crippen molar-refractivity contribution < 1.29 is 77.5 Å². The van der Waals surface area contributed by atoms with Crippen LogP contribution in [-0.4, -0.2) is 106 Å². The zero-order valence-electron chi connectivity index (χ0n) is 36.6. The number of halogens is 9. The van der Waals surface area contributed by atoms with Gasteiger partial charge in [0.15, 0.2) is 35.2 Å². The van der Waals surface area contributed by atoms with E-state index in [9.17, 15) is 35.9 Å². The normalized spacial score (nSPS) is 31.3. The Kier molecular flexibility index (Phi) is 13.4. The summed E-state index contributed by atoms with van der Waals surface area (Å²) in [5, 5.41) is 19.5. The largest absolute Gasteiger partial charge is 0.473 e. The van der Waals surface area contributed by atoms with Crippen molar-refractivity contribution in [2.75, 3.05) is 31.6 Å². The maximum absolute atomic E-state index is 15.2. The number of hydrogen-bond donors (Lipinski definition) is 7. The number of piperidine rings is 3. The number of carbonyl (C=O) groups excluding carboxylic acids is 2. The second-order valence-corrected chi connectivity index (χ2v) is 17.8. The van der Waals surface area contributed by atoms with Crippen LogP contribution >= 0.6 is 0 Å². The third-order valence-electron chi connectivity index (χ3n) is 13.3. The van der Waals surface area contributed by atoms with Crippen LogP contribution in [0.4, 0.5) is 54.8 Å². The van der Waals surface area contributed by atoms with Crippen molar-refractivity contribution in [3.05, 3.63) is 77.9 Å². The Hall–Kier alpha value is -5.43. The van der Waals surface area contributed by atoms with Gasteiger partial charge in [-0.15, -0.1) is 0 Å². The molecule has 0 spiro atoms. The van der Waals surface area contributed by atoms with Crippen LogP contribution < -0.4 is 56.2 Å². The molecular formula is C45H50F9N7O8. The van der Waals surface area contributed by atoms with E-state index in [1.54, 1.807) is 6.07 Å². The van der Waals surface area contributed by atoms with E-state index in [2.05, 4.69) is 37.2 Å². The Morgan fingerprint density at radius 1 is 0.667 bits per heavy atom. The van der Waals surface area contributed by atoms with Gasteiger partial charge in [0.25, 0.3) is 6.29 Å². The molecule has 6 heterocycles. The number of amides is 4. The van der Waals surface area contributed by atoms with Gasteiger partial charge in [0.05, 0.1) is 18.7 Å². The Bertz CT molecular complexity index is 2320. The summed E-state index contributed by atoms with van der Waals surface area (Å²) in [6.45, 7) is 0.753. The minimum absolute atomic E-state index is 0.0405. The van der Waals surface area contributed by atoms with Gasteiger partial charge < -0.3 is 55.0 Å². The van der Waals surface area contributed by atoms with Crippen LogP contribution in [-0.2, 0) is 20.7 Å². The zero-order chi connectivity index (χ0) is 48.8. The van der Waals surface area contributed by atoms with E-state index in [1.807, 2.05) is 0 Å². The van der Waals surface area contributed by atoms with Crippen LogP contribution in [0.2, 0.25) is 0 Å². The molecule has 0 aromatic heterocycles. The number of carbonyl (C=O) groups is 2. The van der Waals surface area contributed by atoms with Gasteiger partial charge in [-0.25, -0.2) is 9.59 Å². The second-order valence-electron chi connectivity index (χ2n) is 17.8. The lowest BCUT2D eigenvalue weighted by Crippen LogP contribution is -2.62. The van der Waals surface area contributed by atoms with Crippen molar-refractivity contribution in [1.82, 2.24) is 31.9 Å². The lowest BCUT2D eigenvalue weighted by atomic mass is 9.80. The van der Waals surface area contributed by atoms with E-state index in [1.165, 1.54) is 60.7 Å². The molecule has 24 heteroatoms. The fourth-order valence-electron chi connectivity index (χ4n) is 9.62. The molecule has 6 aliphatic rings. The molecule has 5 fully saturated rings. The monoisotopic (exact) mass is 987 g/mol. The highest BCUT2D eigenvalue weighted by atomic mass is 19.4. The molecule has 0 saturated carbocycles. The van der Waals surface area contributed by atoms with Gasteiger partial charge in [0.1, 0.15) is 23.6 Å². The van der Waals surface area contributed by atoms with Gasteiger partial charge in [-0.1, -0.05) is 36.4 Å². The van der Waals surface area contributed by atoms with Gasteiger partial charge in [-0.2, -0.15) is 39.5 Å². The lowest BCUT2D eigenvalue weighted by Gasteiger charge is -2.49. The average molecular weight is 988 g/mol. The summed E-state index contributed by atoms with van der Waals surface area (Å²) in [4.78, 5) is 26.3. The summed E-state index contributed by atoms with van der Waals surface area (Å²) in [5.74, 6) is 0.0840. The number of hydrogen-bond acceptors (Lipinski definition) is 11. The molecule has 9 rings (SSSR count). The third kappa shape index (κ3) is 9.99. The Morgan fingerprint density at radius 2 is 1.23 bits per heavy atom. The smallest absolute Gasteiger partial charge is 0.421 e. The van der Waals surface area contributed by atoms with Crippen molar-refractivity contribution in [2.45, 2.75) is 130 Å². The number of rotatable bonds is 11. The van der Waals surface area contributed by atoms with Gasteiger partial charge in [0, 0.05) is 48.3 Å². The van der Waals surface area contributed by atoms with Crippen molar-refractivity contribution in [1.29, 1.82) is 0 Å². The quantitative estimate of drug-likeness (QED) is 0.0995. The van der Waals surface area contributed by atoms with Gasteiger partial charge in [-0.3, -0.25) is 10.6 Å². The summed E-state index contributed by atoms with van der Waals surface area (Å²) in [6.07, 6.45) is -17.4. The first-order chi connectivity index (χ1) is 32.8. The minimum Gasteiger partial charge on any atom is -0.473 e. The molecule has 6 aliphatic heterocycles. The minimum atomic E-state index is -4.95. The van der Waals surface area contributed by atoms with Crippen LogP contribution in [0.25, 0.3) is 0 Å². The first-order valence-corrected chi connectivity index (χ1v) is 22.7. The molecule has 10 unspecified atom stereocenters. The molecule has 0 radical (unpaired) electrons. The van der Waals surface area contributed by atoms with Crippen LogP contribution in [0.5, 0.6) is 23.0 Å². The summed E-state index contributed by atoms with van der Waals surface area (Å²) in [7, 11) is 0. The number of anilines is 1. The molecule has 3 aromatic carbocycles. The molecule has 0 bridgehead atoms. The zero-order valence-corrected chi connectivity index (χ0v) is 36.6. The summed E-state index contributed by atoms with van der Waals surface area (Å²) in [5.41, 5.74) is -5.61. The van der Waals surface area contributed by atoms with Crippen LogP contribution in [0.3, 0.4) is 0 Å². The topological polar surface area (TPSA) is 174 Å². The highest BCUT2D eigenvalue weighted by molar-refractivity contribution is 5.90. The number of fused-ring (bicyclic) bond motifs is 1. The predicted molar refractivity (Wildman–Crippen MR) is 225 cm³/mol. The second kappa shape index (κ2) is 19.1. The fraction of sp³-hybridized carbons (Fsp3) is 0.556. The Labute approximate surface area is 389 Å². The number of alkyl halides is 9. The van der Waals surface area contributed by atoms with E-state index in [0.717, 1.165) is 0 Å². The fourth-order valence-corrected chi connectivity index (χ4v) is 9.62. The molecular weight excluding hydrogens is 938 g/mol. The Morgan fingerprint density at radius 3 is 1.77 bits per heavy atom. The molecule has 7 N–H and O–H groups in total. The van der Waals surface area contributed by atoms with Crippen LogP contribution in [0, 0.1) is 0 Å². The van der Waals surface area contributed by atoms with Gasteiger partial charge >= 0.3 is 30.6 Å². The summed E-state index contributed by atoms with van der Waals surface area (Å²) < 4.78 is 162. The number of nitrogens with one attached hydrogen (secondary N) is 7. The third-order valence-corrected chi connectivity index (χ3v) is 13.3. The van der Waals surface area contributed by atoms with E-state index >= 15 is 13.2 Å². The SMILES string of the molecule is O=C(Nc1ccc2c(c1)OC(C1CC(c3ccccc3OC3NCCCC3NC(=O)NC3CCC(C(F)(F)F)NC3)(C(F)(F)F)O1)O2)NC1CCCNC1Oc1ccccc1C1(C(F)(F)F)CCO1. The maximum Gasteiger partial charge on any atom is 0.421 e. The number of urea groups is 2. The molecule has 3 aromatic rings. The summed E-state index contributed by atoms with van der Waals surface area (Å²) >= 11 is 0. The van der Waals surface area contributed by atoms with E-state index in [4.69, 9.17) is 28.4 Å². The van der Waals surface area contributed by atoms with E-state index in [0.29, 0.717) is 38.8 Å². The highest BCUT2D eigenvalue weighted by Gasteiger charge is 2.68. The van der Waals surface area contributed by atoms with Gasteiger partial charge in [-0.05, 0) is 75.9 Å². The van der Waals surface area contributed by atoms with Crippen molar-refractivity contribution in [3.8, 4) is 23.0 Å². The van der Waals surface area contributed by atoms with Crippen LogP contribution in [0.1, 0.15) is 62.5 Å². The predicted octanol–water partition coefficient (Wildman–Crippen LogP) is 6.93. The van der Waals surface area contributed by atoms with Crippen molar-refractivity contribution >= 4 is 17.7 Å². The molecule has 4 amide bonds. The summed E-state index contributed by atoms with van der Waals surface area (Å²) in [6, 6.07) is 10.6. The first-order valence-electron chi connectivity index (χ1n) is 22.7. The maximum atomic E-state index is 15.2. The van der Waals surface area contributed by atoms with Crippen molar-refractivity contribution in [3.63, 3.8) is 0 Å². The lowest BCUT2D eigenvalue weighted by molar-refractivity contribution is -0.378. The average Bonchev–Trinajstić information content (AvgIpc) is 3.67. The molecule has 69 heavy (non-hydrogen) atoms. The first kappa shape index (κ1) is 48.6. The van der Waals surface area contributed by atoms with Crippen LogP contribution in [0.15, 0.2) is 66.7 Å². The van der Waals surface area contributed by atoms with E-state index in [-0.39, 0.29) is 72.2 Å². The number of ether oxygens (including phenoxy) is 6. The molecule has 15 nitrogen and oxygen atoms in total. The van der Waals surface area contributed by atoms with E-state index < -0.39 is 97.2 Å². The van der Waals surface area contributed by atoms with Gasteiger partial charge in [0.2, 0.25) is 0 Å². The molecule has 0 aliphatic carbocycles. The Balaban J connectivity index is 0.806. The van der Waals surface area contributed by atoms with Crippen molar-refractivity contribution in [2.24, 2.45) is 0 Å². The molecule has 5 saturated heterocycles. The molecule has 376 valence electrons.